The molecule has 2 nitrogen and oxygen atoms in total. The van der Waals surface area contributed by atoms with Crippen LogP contribution in [0.5, 0.6) is 0 Å². The summed E-state index contributed by atoms with van der Waals surface area (Å²) < 4.78 is 28.5. The molecule has 0 aliphatic carbocycles. The second kappa shape index (κ2) is 9.39. The number of alkyl halides is 2. The Morgan fingerprint density at radius 1 is 0.957 bits per heavy atom. The van der Waals surface area contributed by atoms with E-state index in [0.29, 0.717) is 11.4 Å². The molecule has 134 valence electrons. The number of hydrogen-bond acceptors (Lipinski definition) is 1. The first-order valence-corrected chi connectivity index (χ1v) is 9.22. The molecule has 0 aliphatic rings. The van der Waals surface area contributed by atoms with Crippen molar-refractivity contribution in [3.8, 4) is 0 Å². The highest BCUT2D eigenvalue weighted by atomic mass is 19.3. The summed E-state index contributed by atoms with van der Waals surface area (Å²) >= 11 is 0. The standard InChI is InChI=1S/C19H34F2N2/c1-6-8-10-11-12-14-19(5,13-9-7-2)23-16(4)17(18(20)21)15(3)22-23/h18H,6-14H2,1-5H3. The number of aromatic nitrogens is 2. The topological polar surface area (TPSA) is 17.8 Å². The zero-order valence-corrected chi connectivity index (χ0v) is 15.6. The number of halogens is 2. The number of rotatable bonds is 11. The summed E-state index contributed by atoms with van der Waals surface area (Å²) in [4.78, 5) is 0. The number of hydrogen-bond donors (Lipinski definition) is 0. The first kappa shape index (κ1) is 20.1. The third-order valence-corrected chi connectivity index (χ3v) is 4.96. The molecule has 0 aromatic carbocycles. The van der Waals surface area contributed by atoms with Gasteiger partial charge in [0.1, 0.15) is 0 Å². The van der Waals surface area contributed by atoms with Gasteiger partial charge in [-0.2, -0.15) is 5.10 Å². The van der Waals surface area contributed by atoms with Gasteiger partial charge in [0.15, 0.2) is 0 Å². The highest BCUT2D eigenvalue weighted by Gasteiger charge is 2.31. The first-order valence-electron chi connectivity index (χ1n) is 9.22. The molecule has 23 heavy (non-hydrogen) atoms. The van der Waals surface area contributed by atoms with Gasteiger partial charge in [-0.15, -0.1) is 0 Å². The maximum Gasteiger partial charge on any atom is 0.267 e. The van der Waals surface area contributed by atoms with Gasteiger partial charge in [0.25, 0.3) is 6.43 Å². The number of unbranched alkanes of at least 4 members (excludes halogenated alkanes) is 5. The second-order valence-electron chi connectivity index (χ2n) is 7.06. The van der Waals surface area contributed by atoms with Crippen LogP contribution in [0.4, 0.5) is 8.78 Å². The van der Waals surface area contributed by atoms with Crippen molar-refractivity contribution < 1.29 is 8.78 Å². The van der Waals surface area contributed by atoms with Gasteiger partial charge in [-0.3, -0.25) is 4.68 Å². The Morgan fingerprint density at radius 3 is 2.04 bits per heavy atom. The Hall–Kier alpha value is -0.930. The minimum absolute atomic E-state index is 0.124. The van der Waals surface area contributed by atoms with Crippen molar-refractivity contribution in [1.82, 2.24) is 9.78 Å². The summed E-state index contributed by atoms with van der Waals surface area (Å²) in [7, 11) is 0. The van der Waals surface area contributed by atoms with Crippen LogP contribution in [0.2, 0.25) is 0 Å². The van der Waals surface area contributed by atoms with E-state index in [2.05, 4.69) is 25.9 Å². The SMILES string of the molecule is CCCCCCCC(C)(CCCC)n1nc(C)c(C(F)F)c1C. The van der Waals surface area contributed by atoms with Crippen LogP contribution >= 0.6 is 0 Å². The lowest BCUT2D eigenvalue weighted by Crippen LogP contribution is -2.32. The fraction of sp³-hybridized carbons (Fsp3) is 0.842. The summed E-state index contributed by atoms with van der Waals surface area (Å²) in [5, 5.41) is 4.51. The highest BCUT2D eigenvalue weighted by molar-refractivity contribution is 5.26. The molecular formula is C19H34F2N2. The summed E-state index contributed by atoms with van der Waals surface area (Å²) in [5.74, 6) is 0. The lowest BCUT2D eigenvalue weighted by molar-refractivity contribution is 0.148. The van der Waals surface area contributed by atoms with Gasteiger partial charge < -0.3 is 0 Å². The third-order valence-electron chi connectivity index (χ3n) is 4.96. The van der Waals surface area contributed by atoms with E-state index in [1.165, 1.54) is 25.7 Å². The molecule has 0 radical (unpaired) electrons. The Labute approximate surface area is 140 Å². The third kappa shape index (κ3) is 5.29. The maximum absolute atomic E-state index is 13.3. The molecular weight excluding hydrogens is 294 g/mol. The molecule has 0 saturated heterocycles. The summed E-state index contributed by atoms with van der Waals surface area (Å²) in [6, 6.07) is 0. The summed E-state index contributed by atoms with van der Waals surface area (Å²) in [6.07, 6.45) is 7.94. The van der Waals surface area contributed by atoms with Crippen LogP contribution in [-0.2, 0) is 5.54 Å². The molecule has 0 saturated carbocycles. The lowest BCUT2D eigenvalue weighted by atomic mass is 9.88. The normalized spacial score (nSPS) is 14.4. The molecule has 0 N–H and O–H groups in total. The molecule has 0 amide bonds. The molecule has 1 heterocycles. The summed E-state index contributed by atoms with van der Waals surface area (Å²) in [5.41, 5.74) is 1.10. The molecule has 1 atom stereocenters. The van der Waals surface area contributed by atoms with Crippen LogP contribution < -0.4 is 0 Å². The average molecular weight is 328 g/mol. The largest absolute Gasteiger partial charge is 0.267 e. The maximum atomic E-state index is 13.3. The fourth-order valence-corrected chi connectivity index (χ4v) is 3.50. The fourth-order valence-electron chi connectivity index (χ4n) is 3.50. The Bertz CT molecular complexity index is 468. The zero-order valence-electron chi connectivity index (χ0n) is 15.6. The number of nitrogens with zero attached hydrogens (tertiary/aromatic N) is 2. The molecule has 0 spiro atoms. The van der Waals surface area contributed by atoms with Crippen LogP contribution in [-0.4, -0.2) is 9.78 Å². The van der Waals surface area contributed by atoms with Gasteiger partial charge in [0.2, 0.25) is 0 Å². The number of aryl methyl sites for hydroxylation is 1. The average Bonchev–Trinajstić information content (AvgIpc) is 2.80. The van der Waals surface area contributed by atoms with Crippen molar-refractivity contribution in [2.24, 2.45) is 0 Å². The van der Waals surface area contributed by atoms with Crippen LogP contribution in [0.1, 0.15) is 102 Å². The van der Waals surface area contributed by atoms with Crippen LogP contribution in [0.25, 0.3) is 0 Å². The van der Waals surface area contributed by atoms with E-state index in [-0.39, 0.29) is 11.1 Å². The van der Waals surface area contributed by atoms with Crippen molar-refractivity contribution in [2.75, 3.05) is 0 Å². The molecule has 4 heteroatoms. The van der Waals surface area contributed by atoms with Crippen molar-refractivity contribution in [1.29, 1.82) is 0 Å². The van der Waals surface area contributed by atoms with E-state index in [9.17, 15) is 8.78 Å². The zero-order chi connectivity index (χ0) is 17.5. The van der Waals surface area contributed by atoms with Gasteiger partial charge in [0.05, 0.1) is 16.8 Å². The molecule has 1 aromatic heterocycles. The predicted octanol–water partition coefficient (Wildman–Crippen LogP) is 6.70. The Balaban J connectivity index is 2.94. The van der Waals surface area contributed by atoms with E-state index in [1.807, 2.05) is 4.68 Å². The lowest BCUT2D eigenvalue weighted by Gasteiger charge is -2.32. The molecule has 1 rings (SSSR count). The van der Waals surface area contributed by atoms with E-state index in [0.717, 1.165) is 32.1 Å². The molecule has 0 bridgehead atoms. The molecule has 0 aliphatic heterocycles. The smallest absolute Gasteiger partial charge is 0.263 e. The van der Waals surface area contributed by atoms with E-state index < -0.39 is 6.43 Å². The van der Waals surface area contributed by atoms with Gasteiger partial charge in [-0.05, 0) is 33.6 Å². The van der Waals surface area contributed by atoms with Gasteiger partial charge >= 0.3 is 0 Å². The van der Waals surface area contributed by atoms with Crippen molar-refractivity contribution in [3.05, 3.63) is 17.0 Å². The van der Waals surface area contributed by atoms with E-state index >= 15 is 0 Å². The summed E-state index contributed by atoms with van der Waals surface area (Å²) in [6.45, 7) is 10.1. The van der Waals surface area contributed by atoms with Crippen LogP contribution in [0.3, 0.4) is 0 Å². The first-order chi connectivity index (χ1) is 10.9. The van der Waals surface area contributed by atoms with Gasteiger partial charge in [0, 0.05) is 5.69 Å². The predicted molar refractivity (Wildman–Crippen MR) is 93.2 cm³/mol. The van der Waals surface area contributed by atoms with E-state index in [4.69, 9.17) is 0 Å². The van der Waals surface area contributed by atoms with Crippen LogP contribution in [0, 0.1) is 13.8 Å². The molecule has 1 unspecified atom stereocenters. The van der Waals surface area contributed by atoms with Crippen molar-refractivity contribution in [3.63, 3.8) is 0 Å². The van der Waals surface area contributed by atoms with Crippen LogP contribution in [0.15, 0.2) is 0 Å². The minimum Gasteiger partial charge on any atom is -0.263 e. The molecule has 1 aromatic rings. The second-order valence-corrected chi connectivity index (χ2v) is 7.06. The quantitative estimate of drug-likeness (QED) is 0.413. The Kier molecular flexibility index (Phi) is 8.21. The molecule has 0 fully saturated rings. The van der Waals surface area contributed by atoms with Crippen molar-refractivity contribution in [2.45, 2.75) is 104 Å². The Morgan fingerprint density at radius 2 is 1.52 bits per heavy atom. The monoisotopic (exact) mass is 328 g/mol. The van der Waals surface area contributed by atoms with Gasteiger partial charge in [-0.25, -0.2) is 8.78 Å². The minimum atomic E-state index is -2.44. The van der Waals surface area contributed by atoms with E-state index in [1.54, 1.807) is 13.8 Å². The van der Waals surface area contributed by atoms with Crippen molar-refractivity contribution >= 4 is 0 Å². The highest BCUT2D eigenvalue weighted by Crippen LogP contribution is 2.35. The van der Waals surface area contributed by atoms with Gasteiger partial charge in [-0.1, -0.05) is 58.8 Å².